The van der Waals surface area contributed by atoms with Gasteiger partial charge in [0.25, 0.3) is 5.91 Å². The van der Waals surface area contributed by atoms with Crippen molar-refractivity contribution < 1.29 is 4.79 Å². The summed E-state index contributed by atoms with van der Waals surface area (Å²) >= 11 is 0. The van der Waals surface area contributed by atoms with Crippen LogP contribution in [0.4, 0.5) is 5.69 Å². The van der Waals surface area contributed by atoms with Crippen molar-refractivity contribution in [2.75, 3.05) is 4.90 Å². The lowest BCUT2D eigenvalue weighted by Gasteiger charge is -2.24. The molecule has 0 bridgehead atoms. The van der Waals surface area contributed by atoms with Gasteiger partial charge >= 0.3 is 0 Å². The lowest BCUT2D eigenvalue weighted by molar-refractivity contribution is 0.0995. The zero-order chi connectivity index (χ0) is 15.1. The van der Waals surface area contributed by atoms with Gasteiger partial charge in [-0.15, -0.1) is 0 Å². The summed E-state index contributed by atoms with van der Waals surface area (Å²) in [6.45, 7) is 7.49. The molecule has 0 unspecified atom stereocenters. The summed E-state index contributed by atoms with van der Waals surface area (Å²) in [5, 5.41) is 0. The average molecular weight is 275 g/mol. The number of hydrogen-bond acceptors (Lipinski definition) is 1. The van der Waals surface area contributed by atoms with Crippen molar-refractivity contribution in [3.8, 4) is 0 Å². The first kappa shape index (κ1) is 14.5. The van der Waals surface area contributed by atoms with E-state index in [4.69, 9.17) is 0 Å². The van der Waals surface area contributed by atoms with Crippen LogP contribution < -0.4 is 4.90 Å². The van der Waals surface area contributed by atoms with Crippen LogP contribution in [-0.2, 0) is 0 Å². The molecule has 0 radical (unpaired) electrons. The van der Waals surface area contributed by atoms with E-state index in [1.165, 1.54) is 0 Å². The molecule has 2 aromatic carbocycles. The molecule has 0 aliphatic heterocycles. The van der Waals surface area contributed by atoms with E-state index >= 15 is 0 Å². The van der Waals surface area contributed by atoms with Crippen LogP contribution in [0.1, 0.15) is 10.4 Å². The number of para-hydroxylation sites is 1. The van der Waals surface area contributed by atoms with Gasteiger partial charge in [0.05, 0.1) is 0 Å². The topological polar surface area (TPSA) is 20.3 Å². The Kier molecular flexibility index (Phi) is 4.89. The summed E-state index contributed by atoms with van der Waals surface area (Å²) in [6.07, 6.45) is 5.06. The average Bonchev–Trinajstić information content (AvgIpc) is 2.56. The third-order valence-corrected chi connectivity index (χ3v) is 2.99. The Morgan fingerprint density at radius 3 is 2.00 bits per heavy atom. The van der Waals surface area contributed by atoms with Gasteiger partial charge in [0.1, 0.15) is 0 Å². The van der Waals surface area contributed by atoms with Crippen LogP contribution in [-0.4, -0.2) is 5.91 Å². The second-order valence-corrected chi connectivity index (χ2v) is 4.37. The van der Waals surface area contributed by atoms with E-state index in [0.29, 0.717) is 11.3 Å². The predicted molar refractivity (Wildman–Crippen MR) is 88.2 cm³/mol. The number of carbonyl (C=O) groups is 1. The number of amides is 1. The van der Waals surface area contributed by atoms with Gasteiger partial charge < -0.3 is 0 Å². The van der Waals surface area contributed by atoms with Crippen molar-refractivity contribution in [3.63, 3.8) is 0 Å². The van der Waals surface area contributed by atoms with Crippen molar-refractivity contribution in [2.24, 2.45) is 0 Å². The first-order valence-corrected chi connectivity index (χ1v) is 6.67. The largest absolute Gasteiger partial charge is 0.277 e. The normalized spacial score (nSPS) is 10.8. The van der Waals surface area contributed by atoms with Gasteiger partial charge in [0.2, 0.25) is 0 Å². The van der Waals surface area contributed by atoms with Crippen LogP contribution in [0.5, 0.6) is 0 Å². The van der Waals surface area contributed by atoms with E-state index in [2.05, 4.69) is 13.2 Å². The highest BCUT2D eigenvalue weighted by Gasteiger charge is 2.19. The van der Waals surface area contributed by atoms with Crippen LogP contribution in [0.15, 0.2) is 97.7 Å². The Hall–Kier alpha value is -2.87. The fourth-order valence-corrected chi connectivity index (χ4v) is 2.03. The predicted octanol–water partition coefficient (Wildman–Crippen LogP) is 4.59. The maximum Gasteiger partial charge on any atom is 0.262 e. The van der Waals surface area contributed by atoms with Gasteiger partial charge in [-0.05, 0) is 36.4 Å². The molecule has 1 amide bonds. The Balaban J connectivity index is 2.51. The molecular formula is C19H17NO. The summed E-state index contributed by atoms with van der Waals surface area (Å²) in [6, 6.07) is 18.7. The molecule has 0 aromatic heterocycles. The molecule has 0 heterocycles. The maximum absolute atomic E-state index is 12.8. The second kappa shape index (κ2) is 7.06. The number of nitrogens with zero attached hydrogens (tertiary/aromatic N) is 1. The van der Waals surface area contributed by atoms with E-state index in [1.54, 1.807) is 35.3 Å². The molecule has 2 aromatic rings. The summed E-state index contributed by atoms with van der Waals surface area (Å²) in [5.41, 5.74) is 2.10. The van der Waals surface area contributed by atoms with Gasteiger partial charge in [-0.3, -0.25) is 9.69 Å². The molecule has 2 rings (SSSR count). The Morgan fingerprint density at radius 1 is 0.905 bits per heavy atom. The quantitative estimate of drug-likeness (QED) is 0.731. The molecule has 2 heteroatoms. The minimum Gasteiger partial charge on any atom is -0.277 e. The highest BCUT2D eigenvalue weighted by atomic mass is 16.2. The standard InChI is InChI=1S/C19H17NO/c1-3-11-17(4-2)20(18-14-9-6-10-15-18)19(21)16-12-7-5-8-13-16/h3-15H,1-2H2/b17-11+. The molecule has 0 saturated carbocycles. The van der Waals surface area contributed by atoms with E-state index < -0.39 is 0 Å². The smallest absolute Gasteiger partial charge is 0.262 e. The number of hydrogen-bond donors (Lipinski definition) is 0. The summed E-state index contributed by atoms with van der Waals surface area (Å²) in [4.78, 5) is 14.5. The molecule has 2 nitrogen and oxygen atoms in total. The number of allylic oxidation sites excluding steroid dienone is 3. The maximum atomic E-state index is 12.8. The molecule has 0 spiro atoms. The van der Waals surface area contributed by atoms with Gasteiger partial charge in [0, 0.05) is 16.9 Å². The number of rotatable bonds is 5. The van der Waals surface area contributed by atoms with Gasteiger partial charge in [0.15, 0.2) is 0 Å². The molecular weight excluding hydrogens is 258 g/mol. The molecule has 0 fully saturated rings. The molecule has 104 valence electrons. The van der Waals surface area contributed by atoms with Crippen molar-refractivity contribution in [1.29, 1.82) is 0 Å². The van der Waals surface area contributed by atoms with Gasteiger partial charge in [-0.2, -0.15) is 0 Å². The van der Waals surface area contributed by atoms with Gasteiger partial charge in [-0.25, -0.2) is 0 Å². The van der Waals surface area contributed by atoms with E-state index in [0.717, 1.165) is 5.69 Å². The van der Waals surface area contributed by atoms with Crippen LogP contribution in [0.3, 0.4) is 0 Å². The molecule has 0 saturated heterocycles. The molecule has 0 aliphatic rings. The van der Waals surface area contributed by atoms with Crippen LogP contribution in [0, 0.1) is 0 Å². The second-order valence-electron chi connectivity index (χ2n) is 4.37. The van der Waals surface area contributed by atoms with Crippen molar-refractivity contribution in [2.45, 2.75) is 0 Å². The highest BCUT2D eigenvalue weighted by molar-refractivity contribution is 6.08. The minimum atomic E-state index is -0.102. The fourth-order valence-electron chi connectivity index (χ4n) is 2.03. The Bertz CT molecular complexity index is 656. The van der Waals surface area contributed by atoms with E-state index in [-0.39, 0.29) is 5.91 Å². The van der Waals surface area contributed by atoms with E-state index in [1.807, 2.05) is 48.5 Å². The SMILES string of the molecule is C=C/C=C(\C=C)N(C(=O)c1ccccc1)c1ccccc1. The third-order valence-electron chi connectivity index (χ3n) is 2.99. The molecule has 0 N–H and O–H groups in total. The first-order valence-electron chi connectivity index (χ1n) is 6.67. The monoisotopic (exact) mass is 275 g/mol. The van der Waals surface area contributed by atoms with Crippen LogP contribution in [0.2, 0.25) is 0 Å². The zero-order valence-electron chi connectivity index (χ0n) is 11.8. The van der Waals surface area contributed by atoms with Gasteiger partial charge in [-0.1, -0.05) is 55.6 Å². The lowest BCUT2D eigenvalue weighted by atomic mass is 10.1. The fraction of sp³-hybridized carbons (Fsp3) is 0. The van der Waals surface area contributed by atoms with Crippen molar-refractivity contribution >= 4 is 11.6 Å². The zero-order valence-corrected chi connectivity index (χ0v) is 11.8. The number of benzene rings is 2. The highest BCUT2D eigenvalue weighted by Crippen LogP contribution is 2.22. The summed E-state index contributed by atoms with van der Waals surface area (Å²) in [7, 11) is 0. The van der Waals surface area contributed by atoms with Crippen molar-refractivity contribution in [3.05, 3.63) is 103 Å². The first-order chi connectivity index (χ1) is 10.3. The van der Waals surface area contributed by atoms with E-state index in [9.17, 15) is 4.79 Å². The third kappa shape index (κ3) is 3.37. The number of carbonyl (C=O) groups excluding carboxylic acids is 1. The minimum absolute atomic E-state index is 0.102. The van der Waals surface area contributed by atoms with Crippen LogP contribution in [0.25, 0.3) is 0 Å². The van der Waals surface area contributed by atoms with Crippen LogP contribution >= 0.6 is 0 Å². The molecule has 0 atom stereocenters. The summed E-state index contributed by atoms with van der Waals surface area (Å²) in [5.74, 6) is -0.102. The molecule has 21 heavy (non-hydrogen) atoms. The molecule has 0 aliphatic carbocycles. The summed E-state index contributed by atoms with van der Waals surface area (Å²) < 4.78 is 0. The van der Waals surface area contributed by atoms with Crippen molar-refractivity contribution in [1.82, 2.24) is 0 Å². The lowest BCUT2D eigenvalue weighted by Crippen LogP contribution is -2.29. The number of anilines is 1. The Morgan fingerprint density at radius 2 is 1.48 bits per heavy atom. The Labute approximate surface area is 125 Å².